The van der Waals surface area contributed by atoms with Crippen LogP contribution >= 0.6 is 24.0 Å². The second-order valence-corrected chi connectivity index (χ2v) is 6.16. The lowest BCUT2D eigenvalue weighted by atomic mass is 10.1. The van der Waals surface area contributed by atoms with E-state index in [1.54, 1.807) is 43.3 Å². The zero-order valence-electron chi connectivity index (χ0n) is 12.5. The molecule has 0 saturated carbocycles. The van der Waals surface area contributed by atoms with Gasteiger partial charge in [0.1, 0.15) is 0 Å². The number of thiocarbonyl (C=S) groups is 1. The Morgan fingerprint density at radius 1 is 1.21 bits per heavy atom. The lowest BCUT2D eigenvalue weighted by Gasteiger charge is -2.13. The molecule has 0 bridgehead atoms. The van der Waals surface area contributed by atoms with Crippen molar-refractivity contribution in [2.24, 2.45) is 0 Å². The monoisotopic (exact) mass is 369 g/mol. The Labute approximate surface area is 146 Å². The molecule has 0 aromatic heterocycles. The summed E-state index contributed by atoms with van der Waals surface area (Å²) in [5.74, 6) is -2.47. The summed E-state index contributed by atoms with van der Waals surface area (Å²) in [7, 11) is 0. The maximum atomic E-state index is 12.3. The number of nitrogens with one attached hydrogen (secondary N) is 2. The molecular formula is C15H13F2N3O2S2. The lowest BCUT2D eigenvalue weighted by Crippen LogP contribution is -2.19. The van der Waals surface area contributed by atoms with Crippen LogP contribution in [0.2, 0.25) is 0 Å². The minimum atomic E-state index is -2.47. The average molecular weight is 369 g/mol. The van der Waals surface area contributed by atoms with Gasteiger partial charge in [0.2, 0.25) is 0 Å². The van der Waals surface area contributed by atoms with E-state index in [-0.39, 0.29) is 10.8 Å². The fourth-order valence-electron chi connectivity index (χ4n) is 1.96. The van der Waals surface area contributed by atoms with Gasteiger partial charge in [0.05, 0.1) is 16.2 Å². The van der Waals surface area contributed by atoms with E-state index in [0.717, 1.165) is 0 Å². The summed E-state index contributed by atoms with van der Waals surface area (Å²) in [6.07, 6.45) is 0. The number of anilines is 2. The first kappa shape index (κ1) is 18.1. The Morgan fingerprint density at radius 2 is 1.88 bits per heavy atom. The summed E-state index contributed by atoms with van der Waals surface area (Å²) >= 11 is 5.63. The molecule has 0 aliphatic heterocycles. The van der Waals surface area contributed by atoms with E-state index < -0.39 is 10.7 Å². The van der Waals surface area contributed by atoms with Crippen LogP contribution in [0.15, 0.2) is 47.4 Å². The topological polar surface area (TPSA) is 67.2 Å². The molecule has 9 heteroatoms. The highest BCUT2D eigenvalue weighted by atomic mass is 32.2. The van der Waals surface area contributed by atoms with Crippen LogP contribution in [0, 0.1) is 17.0 Å². The summed E-state index contributed by atoms with van der Waals surface area (Å²) in [5.41, 5.74) is 1.60. The van der Waals surface area contributed by atoms with Crippen molar-refractivity contribution < 1.29 is 13.7 Å². The number of hydrogen-bond donors (Lipinski definition) is 2. The molecule has 0 spiro atoms. The lowest BCUT2D eigenvalue weighted by molar-refractivity contribution is -0.385. The van der Waals surface area contributed by atoms with Gasteiger partial charge in [-0.2, -0.15) is 8.78 Å². The highest BCUT2D eigenvalue weighted by molar-refractivity contribution is 7.99. The molecule has 0 amide bonds. The van der Waals surface area contributed by atoms with Crippen molar-refractivity contribution in [3.05, 3.63) is 58.1 Å². The zero-order chi connectivity index (χ0) is 17.7. The van der Waals surface area contributed by atoms with Gasteiger partial charge in [-0.05, 0) is 49.5 Å². The number of rotatable bonds is 5. The molecule has 0 aliphatic rings. The van der Waals surface area contributed by atoms with Crippen molar-refractivity contribution in [1.29, 1.82) is 0 Å². The number of nitrogens with zero attached hydrogens (tertiary/aromatic N) is 1. The minimum absolute atomic E-state index is 0.00354. The third-order valence-corrected chi connectivity index (χ3v) is 4.01. The van der Waals surface area contributed by atoms with Gasteiger partial charge in [0.15, 0.2) is 5.11 Å². The third-order valence-electron chi connectivity index (χ3n) is 3.09. The molecule has 0 atom stereocenters. The molecule has 2 N–H and O–H groups in total. The van der Waals surface area contributed by atoms with E-state index in [2.05, 4.69) is 10.6 Å². The van der Waals surface area contributed by atoms with E-state index in [9.17, 15) is 18.9 Å². The Kier molecular flexibility index (Phi) is 6.04. The molecule has 2 aromatic carbocycles. The SMILES string of the molecule is Cc1c(NC(=S)Nc2ccc(SC(F)F)cc2)cccc1[N+](=O)[O-]. The highest BCUT2D eigenvalue weighted by Crippen LogP contribution is 2.27. The van der Waals surface area contributed by atoms with E-state index in [4.69, 9.17) is 12.2 Å². The van der Waals surface area contributed by atoms with E-state index in [0.29, 0.717) is 33.6 Å². The summed E-state index contributed by atoms with van der Waals surface area (Å²) < 4.78 is 24.5. The number of benzene rings is 2. The van der Waals surface area contributed by atoms with Gasteiger partial charge in [0, 0.05) is 16.6 Å². The van der Waals surface area contributed by atoms with Crippen LogP contribution in [-0.4, -0.2) is 15.8 Å². The van der Waals surface area contributed by atoms with E-state index in [1.165, 1.54) is 6.07 Å². The summed E-state index contributed by atoms with van der Waals surface area (Å²) in [5, 5.41) is 17.0. The molecular weight excluding hydrogens is 356 g/mol. The van der Waals surface area contributed by atoms with Crippen LogP contribution in [0.25, 0.3) is 0 Å². The third kappa shape index (κ3) is 4.87. The van der Waals surface area contributed by atoms with Crippen molar-refractivity contribution in [2.45, 2.75) is 17.6 Å². The fourth-order valence-corrected chi connectivity index (χ4v) is 2.69. The smallest absolute Gasteiger partial charge is 0.288 e. The number of nitro groups is 1. The van der Waals surface area contributed by atoms with Crippen molar-refractivity contribution >= 4 is 46.2 Å². The fraction of sp³-hybridized carbons (Fsp3) is 0.133. The number of nitro benzene ring substituents is 1. The highest BCUT2D eigenvalue weighted by Gasteiger charge is 2.13. The van der Waals surface area contributed by atoms with Crippen LogP contribution in [0.5, 0.6) is 0 Å². The first-order valence-electron chi connectivity index (χ1n) is 6.73. The van der Waals surface area contributed by atoms with Gasteiger partial charge in [-0.25, -0.2) is 0 Å². The normalized spacial score (nSPS) is 10.5. The summed E-state index contributed by atoms with van der Waals surface area (Å²) in [4.78, 5) is 10.9. The van der Waals surface area contributed by atoms with Crippen molar-refractivity contribution in [1.82, 2.24) is 0 Å². The Balaban J connectivity index is 2.03. The number of halogens is 2. The molecule has 0 heterocycles. The van der Waals surface area contributed by atoms with Crippen LogP contribution in [-0.2, 0) is 0 Å². The maximum Gasteiger partial charge on any atom is 0.288 e. The largest absolute Gasteiger partial charge is 0.332 e. The predicted octanol–water partition coefficient (Wildman–Crippen LogP) is 5.03. The Hall–Kier alpha value is -2.26. The quantitative estimate of drug-likeness (QED) is 0.334. The minimum Gasteiger partial charge on any atom is -0.332 e. The van der Waals surface area contributed by atoms with Crippen molar-refractivity contribution in [3.8, 4) is 0 Å². The van der Waals surface area contributed by atoms with Crippen molar-refractivity contribution in [2.75, 3.05) is 10.6 Å². The van der Waals surface area contributed by atoms with Gasteiger partial charge in [-0.3, -0.25) is 10.1 Å². The number of alkyl halides is 2. The first-order chi connectivity index (χ1) is 11.4. The van der Waals surface area contributed by atoms with Gasteiger partial charge >= 0.3 is 0 Å². The average Bonchev–Trinajstić information content (AvgIpc) is 2.50. The first-order valence-corrected chi connectivity index (χ1v) is 8.02. The van der Waals surface area contributed by atoms with Crippen LogP contribution in [0.3, 0.4) is 0 Å². The molecule has 0 saturated heterocycles. The van der Waals surface area contributed by atoms with Gasteiger partial charge in [-0.1, -0.05) is 17.8 Å². The summed E-state index contributed by atoms with van der Waals surface area (Å²) in [6.45, 7) is 1.62. The molecule has 0 fully saturated rings. The zero-order valence-corrected chi connectivity index (χ0v) is 14.1. The molecule has 126 valence electrons. The molecule has 0 radical (unpaired) electrons. The van der Waals surface area contributed by atoms with Crippen LogP contribution in [0.4, 0.5) is 25.8 Å². The van der Waals surface area contributed by atoms with E-state index >= 15 is 0 Å². The van der Waals surface area contributed by atoms with Crippen LogP contribution in [0.1, 0.15) is 5.56 Å². The predicted molar refractivity (Wildman–Crippen MR) is 96.0 cm³/mol. The van der Waals surface area contributed by atoms with Gasteiger partial charge in [-0.15, -0.1) is 0 Å². The molecule has 2 rings (SSSR count). The second kappa shape index (κ2) is 8.02. The second-order valence-electron chi connectivity index (χ2n) is 4.69. The van der Waals surface area contributed by atoms with Crippen LogP contribution < -0.4 is 10.6 Å². The van der Waals surface area contributed by atoms with E-state index in [1.807, 2.05) is 0 Å². The Bertz CT molecular complexity index is 755. The molecule has 24 heavy (non-hydrogen) atoms. The van der Waals surface area contributed by atoms with Crippen molar-refractivity contribution in [3.63, 3.8) is 0 Å². The van der Waals surface area contributed by atoms with Gasteiger partial charge < -0.3 is 10.6 Å². The molecule has 0 unspecified atom stereocenters. The number of hydrogen-bond acceptors (Lipinski definition) is 4. The number of thioether (sulfide) groups is 1. The Morgan fingerprint density at radius 3 is 2.46 bits per heavy atom. The van der Waals surface area contributed by atoms with Gasteiger partial charge in [0.25, 0.3) is 11.4 Å². The maximum absolute atomic E-state index is 12.3. The standard InChI is InChI=1S/C15H13F2N3O2S2/c1-9-12(3-2-4-13(9)20(21)22)19-15(23)18-10-5-7-11(8-6-10)24-14(16)17/h2-8,14H,1H3,(H2,18,19,23). The molecule has 2 aromatic rings. The summed E-state index contributed by atoms with van der Waals surface area (Å²) in [6, 6.07) is 11.0. The molecule has 5 nitrogen and oxygen atoms in total. The molecule has 0 aliphatic carbocycles.